The minimum atomic E-state index is -4.38. The van der Waals surface area contributed by atoms with Crippen molar-refractivity contribution in [3.8, 4) is 11.5 Å². The monoisotopic (exact) mass is 246 g/mol. The Bertz CT molecular complexity index is 539. The molecule has 2 aromatic heterocycles. The normalized spacial score (nSPS) is 11.7. The van der Waals surface area contributed by atoms with E-state index in [-0.39, 0.29) is 4.77 Å². The van der Waals surface area contributed by atoms with E-state index in [1.54, 1.807) is 0 Å². The lowest BCUT2D eigenvalue weighted by molar-refractivity contribution is -0.137. The highest BCUT2D eigenvalue weighted by Crippen LogP contribution is 2.29. The lowest BCUT2D eigenvalue weighted by Crippen LogP contribution is -2.05. The van der Waals surface area contributed by atoms with Crippen LogP contribution in [0.3, 0.4) is 0 Å². The summed E-state index contributed by atoms with van der Waals surface area (Å²) in [7, 11) is 0. The average molecular weight is 246 g/mol. The van der Waals surface area contributed by atoms with E-state index < -0.39 is 11.7 Å². The molecule has 0 aromatic carbocycles. The van der Waals surface area contributed by atoms with Gasteiger partial charge in [-0.15, -0.1) is 0 Å². The maximum Gasteiger partial charge on any atom is 0.417 e. The smallest absolute Gasteiger partial charge is 0.280 e. The van der Waals surface area contributed by atoms with Crippen LogP contribution in [0, 0.1) is 4.77 Å². The molecule has 0 bridgehead atoms. The van der Waals surface area contributed by atoms with Gasteiger partial charge in [-0.1, -0.05) is 0 Å². The molecular weight excluding hydrogens is 241 g/mol. The maximum atomic E-state index is 12.2. The van der Waals surface area contributed by atoms with Crippen LogP contribution < -0.4 is 0 Å². The number of nitrogens with one attached hydrogen (secondary N) is 2. The average Bonchev–Trinajstić information content (AvgIpc) is 2.64. The Labute approximate surface area is 92.5 Å². The van der Waals surface area contributed by atoms with Crippen LogP contribution in [0.1, 0.15) is 5.56 Å². The molecule has 0 radical (unpaired) electrons. The third-order valence-electron chi connectivity index (χ3n) is 1.83. The second-order valence-electron chi connectivity index (χ2n) is 2.95. The Hall–Kier alpha value is -1.70. The van der Waals surface area contributed by atoms with Crippen molar-refractivity contribution in [1.29, 1.82) is 0 Å². The topological polar surface area (TPSA) is 57.4 Å². The van der Waals surface area contributed by atoms with Gasteiger partial charge in [-0.05, 0) is 24.4 Å². The summed E-state index contributed by atoms with van der Waals surface area (Å²) >= 11 is 4.71. The van der Waals surface area contributed by atoms with Crippen LogP contribution in [0.2, 0.25) is 0 Å². The summed E-state index contributed by atoms with van der Waals surface area (Å²) in [6.07, 6.45) is -3.63. The molecule has 0 aliphatic rings. The summed E-state index contributed by atoms with van der Waals surface area (Å²) in [4.78, 5) is 7.48. The quantitative estimate of drug-likeness (QED) is 0.760. The first-order chi connectivity index (χ1) is 7.47. The summed E-state index contributed by atoms with van der Waals surface area (Å²) in [6.45, 7) is 0. The number of aromatic amines is 2. The van der Waals surface area contributed by atoms with E-state index in [2.05, 4.69) is 20.2 Å². The molecule has 0 amide bonds. The zero-order chi connectivity index (χ0) is 11.8. The Kier molecular flexibility index (Phi) is 2.50. The molecule has 0 fully saturated rings. The number of hydrogen-bond donors (Lipinski definition) is 2. The third kappa shape index (κ3) is 2.11. The van der Waals surface area contributed by atoms with E-state index >= 15 is 0 Å². The highest BCUT2D eigenvalue weighted by Gasteiger charge is 2.30. The Balaban J connectivity index is 2.36. The zero-order valence-electron chi connectivity index (χ0n) is 7.67. The number of rotatable bonds is 1. The van der Waals surface area contributed by atoms with Gasteiger partial charge in [0, 0.05) is 6.20 Å². The van der Waals surface area contributed by atoms with Crippen molar-refractivity contribution in [2.24, 2.45) is 0 Å². The zero-order valence-corrected chi connectivity index (χ0v) is 8.49. The predicted octanol–water partition coefficient (Wildman–Crippen LogP) is 2.55. The van der Waals surface area contributed by atoms with Gasteiger partial charge in [0.1, 0.15) is 5.69 Å². The Morgan fingerprint density at radius 3 is 2.38 bits per heavy atom. The van der Waals surface area contributed by atoms with Crippen molar-refractivity contribution < 1.29 is 13.2 Å². The Morgan fingerprint density at radius 1 is 1.19 bits per heavy atom. The largest absolute Gasteiger partial charge is 0.417 e. The molecule has 0 spiro atoms. The van der Waals surface area contributed by atoms with Crippen molar-refractivity contribution in [1.82, 2.24) is 20.2 Å². The second kappa shape index (κ2) is 3.71. The molecule has 2 aromatic rings. The molecule has 0 saturated heterocycles. The van der Waals surface area contributed by atoms with Gasteiger partial charge in [0.2, 0.25) is 4.77 Å². The lowest BCUT2D eigenvalue weighted by atomic mass is 10.2. The van der Waals surface area contributed by atoms with Gasteiger partial charge in [0.25, 0.3) is 0 Å². The van der Waals surface area contributed by atoms with E-state index in [0.717, 1.165) is 12.3 Å². The van der Waals surface area contributed by atoms with Crippen molar-refractivity contribution in [2.45, 2.75) is 6.18 Å². The molecule has 0 aliphatic carbocycles. The number of hydrogen-bond acceptors (Lipinski definition) is 3. The second-order valence-corrected chi connectivity index (χ2v) is 3.33. The molecule has 16 heavy (non-hydrogen) atoms. The number of H-pyrrole nitrogens is 2. The fraction of sp³-hybridized carbons (Fsp3) is 0.125. The molecule has 2 N–H and O–H groups in total. The van der Waals surface area contributed by atoms with E-state index in [4.69, 9.17) is 12.2 Å². The first kappa shape index (κ1) is 10.8. The fourth-order valence-electron chi connectivity index (χ4n) is 1.09. The van der Waals surface area contributed by atoms with Gasteiger partial charge in [0.15, 0.2) is 5.82 Å². The number of nitrogens with zero attached hydrogens (tertiary/aromatic N) is 2. The van der Waals surface area contributed by atoms with E-state index in [9.17, 15) is 13.2 Å². The standard InChI is InChI=1S/C8H5F3N4S/c9-8(10,11)4-1-2-5(12-3-4)6-13-7(16)15-14-6/h1-3H,(H2,13,14,15,16). The molecule has 0 saturated carbocycles. The van der Waals surface area contributed by atoms with Crippen LogP contribution >= 0.6 is 12.2 Å². The van der Waals surface area contributed by atoms with E-state index in [1.165, 1.54) is 6.07 Å². The van der Waals surface area contributed by atoms with Gasteiger partial charge < -0.3 is 0 Å². The molecule has 2 heterocycles. The van der Waals surface area contributed by atoms with Crippen molar-refractivity contribution in [3.05, 3.63) is 28.7 Å². The number of alkyl halides is 3. The van der Waals surface area contributed by atoms with Gasteiger partial charge in [-0.3, -0.25) is 15.2 Å². The predicted molar refractivity (Wildman–Crippen MR) is 52.0 cm³/mol. The molecule has 84 valence electrons. The summed E-state index contributed by atoms with van der Waals surface area (Å²) < 4.78 is 36.9. The minimum absolute atomic E-state index is 0.219. The van der Waals surface area contributed by atoms with Crippen molar-refractivity contribution in [3.63, 3.8) is 0 Å². The molecule has 4 nitrogen and oxygen atoms in total. The molecule has 0 unspecified atom stereocenters. The fourth-order valence-corrected chi connectivity index (χ4v) is 1.24. The first-order valence-corrected chi connectivity index (χ1v) is 4.56. The summed E-state index contributed by atoms with van der Waals surface area (Å²) in [6, 6.07) is 2.16. The number of pyridine rings is 1. The summed E-state index contributed by atoms with van der Waals surface area (Å²) in [5, 5.41) is 5.12. The Morgan fingerprint density at radius 2 is 1.94 bits per heavy atom. The van der Waals surface area contributed by atoms with Gasteiger partial charge in [-0.25, -0.2) is 0 Å². The number of halogens is 3. The van der Waals surface area contributed by atoms with Crippen LogP contribution in [-0.4, -0.2) is 20.2 Å². The SMILES string of the molecule is FC(F)(F)c1ccc(-c2nc(=S)[nH][nH]2)nc1. The summed E-state index contributed by atoms with van der Waals surface area (Å²) in [5.41, 5.74) is -0.509. The highest BCUT2D eigenvalue weighted by atomic mass is 32.1. The van der Waals surface area contributed by atoms with Gasteiger partial charge in [-0.2, -0.15) is 18.2 Å². The highest BCUT2D eigenvalue weighted by molar-refractivity contribution is 7.71. The maximum absolute atomic E-state index is 12.2. The van der Waals surface area contributed by atoms with Crippen LogP contribution in [0.25, 0.3) is 11.5 Å². The van der Waals surface area contributed by atoms with E-state index in [0.29, 0.717) is 11.5 Å². The first-order valence-electron chi connectivity index (χ1n) is 4.15. The lowest BCUT2D eigenvalue weighted by Gasteiger charge is -2.05. The van der Waals surface area contributed by atoms with Crippen LogP contribution in [-0.2, 0) is 6.18 Å². The van der Waals surface area contributed by atoms with Gasteiger partial charge in [0.05, 0.1) is 5.56 Å². The van der Waals surface area contributed by atoms with Crippen LogP contribution in [0.4, 0.5) is 13.2 Å². The molecule has 0 aliphatic heterocycles. The van der Waals surface area contributed by atoms with Crippen molar-refractivity contribution in [2.75, 3.05) is 0 Å². The number of aromatic nitrogens is 4. The summed E-state index contributed by atoms with van der Waals surface area (Å²) in [5.74, 6) is 0.304. The molecule has 0 atom stereocenters. The van der Waals surface area contributed by atoms with E-state index in [1.807, 2.05) is 0 Å². The van der Waals surface area contributed by atoms with Crippen molar-refractivity contribution >= 4 is 12.2 Å². The minimum Gasteiger partial charge on any atom is -0.280 e. The van der Waals surface area contributed by atoms with Crippen LogP contribution in [0.15, 0.2) is 18.3 Å². The van der Waals surface area contributed by atoms with Crippen LogP contribution in [0.5, 0.6) is 0 Å². The molecule has 8 heteroatoms. The molecular formula is C8H5F3N4S. The van der Waals surface area contributed by atoms with Gasteiger partial charge >= 0.3 is 6.18 Å². The third-order valence-corrected chi connectivity index (χ3v) is 2.03. The molecule has 2 rings (SSSR count).